The van der Waals surface area contributed by atoms with Gasteiger partial charge < -0.3 is 92.7 Å². The van der Waals surface area contributed by atoms with Crippen molar-refractivity contribution in [3.05, 3.63) is 35.9 Å². The molecule has 4 rings (SSSR count). The van der Waals surface area contributed by atoms with Gasteiger partial charge in [-0.15, -0.1) is 0 Å². The highest BCUT2D eigenvalue weighted by Gasteiger charge is 2.52. The third-order valence-electron chi connectivity index (χ3n) is 11.7. The van der Waals surface area contributed by atoms with Gasteiger partial charge in [0.05, 0.1) is 31.7 Å². The Bertz CT molecular complexity index is 1990. The average Bonchev–Trinajstić information content (AvgIpc) is 3.31. The van der Waals surface area contributed by atoms with Crippen LogP contribution in [0.3, 0.4) is 0 Å². The van der Waals surface area contributed by atoms with Crippen molar-refractivity contribution in [3.8, 4) is 0 Å². The van der Waals surface area contributed by atoms with Gasteiger partial charge in [-0.05, 0) is 44.6 Å². The van der Waals surface area contributed by atoms with E-state index in [1.807, 2.05) is 0 Å². The van der Waals surface area contributed by atoms with Crippen LogP contribution in [0.5, 0.6) is 0 Å². The summed E-state index contributed by atoms with van der Waals surface area (Å²) in [4.78, 5) is 106. The molecule has 70 heavy (non-hydrogen) atoms. The van der Waals surface area contributed by atoms with E-state index >= 15 is 0 Å². The largest absolute Gasteiger partial charge is 0.481 e. The second-order valence-electron chi connectivity index (χ2n) is 17.1. The Morgan fingerprint density at radius 1 is 0.800 bits per heavy atom. The molecule has 9 unspecified atom stereocenters. The summed E-state index contributed by atoms with van der Waals surface area (Å²) < 4.78 is 22.7. The van der Waals surface area contributed by atoms with E-state index in [-0.39, 0.29) is 57.6 Å². The van der Waals surface area contributed by atoms with Gasteiger partial charge in [0.25, 0.3) is 5.91 Å². The lowest BCUT2D eigenvalue weighted by Crippen LogP contribution is -2.68. The second-order valence-corrected chi connectivity index (χ2v) is 17.1. The number of carbonyl (C=O) groups is 8. The van der Waals surface area contributed by atoms with E-state index < -0.39 is 152 Å². The van der Waals surface area contributed by atoms with Crippen LogP contribution in [0.15, 0.2) is 30.3 Å². The SMILES string of the molecule is CO[C@@H]1C(C(=O)NCCCCC2NC(=O)C(CCCNC(=N)N)NC(=O)CNC(=O)C(CC(=O)O)NC(=O)C(Cc3ccccc3)NC2=O)O[C@@H](O[C@H]2C(O)C(CO)O[C@@H](C)C2NC(C)=O)C(O)[C@H]1O. The smallest absolute Gasteiger partial charge is 0.305 e. The zero-order chi connectivity index (χ0) is 51.7. The zero-order valence-corrected chi connectivity index (χ0v) is 39.0. The molecule has 16 N–H and O–H groups in total. The number of aliphatic hydroxyl groups excluding tert-OH is 4. The molecule has 0 aromatic heterocycles. The molecule has 14 atom stereocenters. The van der Waals surface area contributed by atoms with Crippen molar-refractivity contribution >= 4 is 53.3 Å². The number of benzene rings is 1. The normalized spacial score (nSPS) is 31.2. The number of aliphatic hydroxyl groups is 4. The van der Waals surface area contributed by atoms with Gasteiger partial charge in [0.1, 0.15) is 60.8 Å². The summed E-state index contributed by atoms with van der Waals surface area (Å²) in [5.41, 5.74) is 5.95. The first-order chi connectivity index (χ1) is 33.2. The van der Waals surface area contributed by atoms with Gasteiger partial charge in [-0.2, -0.15) is 0 Å². The summed E-state index contributed by atoms with van der Waals surface area (Å²) in [6, 6.07) is 1.65. The third kappa shape index (κ3) is 16.5. The zero-order valence-electron chi connectivity index (χ0n) is 39.0. The predicted molar refractivity (Wildman–Crippen MR) is 241 cm³/mol. The number of guanidine groups is 1. The molecular formula is C43H66N10O17. The summed E-state index contributed by atoms with van der Waals surface area (Å²) >= 11 is 0. The van der Waals surface area contributed by atoms with Crippen LogP contribution in [0.4, 0.5) is 0 Å². The monoisotopic (exact) mass is 994 g/mol. The van der Waals surface area contributed by atoms with E-state index in [4.69, 9.17) is 30.1 Å². The van der Waals surface area contributed by atoms with Crippen molar-refractivity contribution < 1.29 is 82.8 Å². The summed E-state index contributed by atoms with van der Waals surface area (Å²) in [5, 5.41) is 80.0. The molecule has 0 saturated carbocycles. The molecule has 3 aliphatic heterocycles. The van der Waals surface area contributed by atoms with Crippen LogP contribution < -0.4 is 48.3 Å². The summed E-state index contributed by atoms with van der Waals surface area (Å²) in [5.74, 6) is -7.65. The Labute approximate surface area is 402 Å². The number of carboxylic acid groups (broad SMARTS) is 1. The van der Waals surface area contributed by atoms with Crippen LogP contribution in [0.25, 0.3) is 0 Å². The van der Waals surface area contributed by atoms with E-state index in [0.29, 0.717) is 5.56 Å². The molecule has 0 bridgehead atoms. The minimum absolute atomic E-state index is 0.0400. The number of amides is 7. The lowest BCUT2D eigenvalue weighted by atomic mass is 9.92. The molecule has 0 aliphatic carbocycles. The Hall–Kier alpha value is -6.07. The first-order valence-electron chi connectivity index (χ1n) is 22.7. The topological polar surface area (TPSA) is 421 Å². The van der Waals surface area contributed by atoms with Crippen LogP contribution in [-0.2, 0) is 63.7 Å². The number of hydrogen-bond acceptors (Lipinski definition) is 17. The van der Waals surface area contributed by atoms with Gasteiger partial charge in [-0.1, -0.05) is 30.3 Å². The number of methoxy groups -OCH3 is 1. The van der Waals surface area contributed by atoms with Crippen molar-refractivity contribution in [2.45, 2.75) is 144 Å². The molecule has 27 nitrogen and oxygen atoms in total. The fourth-order valence-corrected chi connectivity index (χ4v) is 8.11. The van der Waals surface area contributed by atoms with Gasteiger partial charge in [-0.3, -0.25) is 43.8 Å². The highest BCUT2D eigenvalue weighted by Crippen LogP contribution is 2.30. The highest BCUT2D eigenvalue weighted by atomic mass is 16.7. The van der Waals surface area contributed by atoms with Crippen LogP contribution in [0.2, 0.25) is 0 Å². The lowest BCUT2D eigenvalue weighted by molar-refractivity contribution is -0.325. The molecule has 1 aromatic rings. The average molecular weight is 995 g/mol. The van der Waals surface area contributed by atoms with Gasteiger partial charge in [0.2, 0.25) is 35.4 Å². The molecule has 3 heterocycles. The number of hydrogen-bond donors (Lipinski definition) is 15. The van der Waals surface area contributed by atoms with Gasteiger partial charge in [-0.25, -0.2) is 0 Å². The van der Waals surface area contributed by atoms with E-state index in [2.05, 4.69) is 42.5 Å². The molecule has 27 heteroatoms. The van der Waals surface area contributed by atoms with E-state index in [9.17, 15) is 63.9 Å². The number of unbranched alkanes of at least 4 members (excludes halogenated alkanes) is 1. The Morgan fingerprint density at radius 2 is 1.41 bits per heavy atom. The first kappa shape index (κ1) is 56.5. The number of rotatable bonds is 19. The number of nitrogens with one attached hydrogen (secondary N) is 9. The predicted octanol–water partition coefficient (Wildman–Crippen LogP) is -6.19. The van der Waals surface area contributed by atoms with Crippen molar-refractivity contribution in [1.82, 2.24) is 42.5 Å². The van der Waals surface area contributed by atoms with Crippen LogP contribution in [0.1, 0.15) is 57.9 Å². The van der Waals surface area contributed by atoms with E-state index in [0.717, 1.165) is 0 Å². The first-order valence-corrected chi connectivity index (χ1v) is 22.7. The van der Waals surface area contributed by atoms with Crippen LogP contribution >= 0.6 is 0 Å². The van der Waals surface area contributed by atoms with E-state index in [1.54, 1.807) is 37.3 Å². The number of carboxylic acids is 1. The molecule has 1 aromatic carbocycles. The molecular weight excluding hydrogens is 929 g/mol. The fraction of sp³-hybridized carbons (Fsp3) is 0.651. The van der Waals surface area contributed by atoms with E-state index in [1.165, 1.54) is 14.0 Å². The molecule has 3 aliphatic rings. The molecule has 7 amide bonds. The van der Waals surface area contributed by atoms with Crippen LogP contribution in [0, 0.1) is 5.41 Å². The van der Waals surface area contributed by atoms with Crippen molar-refractivity contribution in [2.75, 3.05) is 33.4 Å². The third-order valence-corrected chi connectivity index (χ3v) is 11.7. The highest BCUT2D eigenvalue weighted by molar-refractivity contribution is 5.98. The molecule has 0 radical (unpaired) electrons. The number of ether oxygens (including phenoxy) is 4. The Balaban J connectivity index is 1.53. The maximum Gasteiger partial charge on any atom is 0.305 e. The van der Waals surface area contributed by atoms with Crippen molar-refractivity contribution in [1.29, 1.82) is 5.41 Å². The lowest BCUT2D eigenvalue weighted by Gasteiger charge is -2.47. The summed E-state index contributed by atoms with van der Waals surface area (Å²) in [6.45, 7) is 1.46. The van der Waals surface area contributed by atoms with Crippen molar-refractivity contribution in [2.24, 2.45) is 5.73 Å². The van der Waals surface area contributed by atoms with Gasteiger partial charge >= 0.3 is 5.97 Å². The number of aliphatic carboxylic acids is 1. The Kier molecular flexibility index (Phi) is 22.1. The second kappa shape index (κ2) is 27.4. The van der Waals surface area contributed by atoms with Gasteiger partial charge in [0.15, 0.2) is 18.4 Å². The van der Waals surface area contributed by atoms with Crippen LogP contribution in [-0.4, -0.2) is 197 Å². The molecule has 3 saturated heterocycles. The summed E-state index contributed by atoms with van der Waals surface area (Å²) in [7, 11) is 1.17. The van der Waals surface area contributed by atoms with Crippen molar-refractivity contribution in [3.63, 3.8) is 0 Å². The quantitative estimate of drug-likeness (QED) is 0.0348. The maximum absolute atomic E-state index is 14.2. The molecule has 0 spiro atoms. The minimum Gasteiger partial charge on any atom is -0.481 e. The fourth-order valence-electron chi connectivity index (χ4n) is 8.11. The Morgan fingerprint density at radius 3 is 2.04 bits per heavy atom. The number of carbonyl (C=O) groups excluding carboxylic acids is 7. The minimum atomic E-state index is -1.83. The molecule has 3 fully saturated rings. The summed E-state index contributed by atoms with van der Waals surface area (Å²) in [6.07, 6.45) is -14.0. The standard InChI is InChI=1S/C43H66N10O17/c1-20-30(49-21(2)55)34(31(59)27(19-54)68-20)69-42-33(61)32(60)35(67-3)36(70-42)41(66)46-14-8-7-12-24-39(64)52-25(16-22-10-5-4-6-11-22)40(65)53-26(17-29(57)58)37(62)48-18-28(56)50-23(38(63)51-24)13-9-15-47-43(44)45/h4-6,10-11,20,23-27,30-36,42,54,59-61H,7-9,12-19H2,1-3H3,(H,46,66)(H,48,62)(H,49,55)(H,50,56)(H,51,63)(H,52,64)(H,53,65)(H,57,58)(H4,44,45,47)/t20-,23?,24?,25?,26?,27?,30?,31?,32+,33?,34+,35-,36?,42+/m0/s1. The molecule has 390 valence electrons. The number of nitrogens with two attached hydrogens (primary N) is 1. The maximum atomic E-state index is 14.2. The van der Waals surface area contributed by atoms with Gasteiger partial charge in [0, 0.05) is 33.5 Å².